The average molecular weight is 963 g/mol. The number of phenols is 1. The first kappa shape index (κ1) is 47.3. The summed E-state index contributed by atoms with van der Waals surface area (Å²) >= 11 is 9.34. The van der Waals surface area contributed by atoms with Crippen molar-refractivity contribution in [2.75, 3.05) is 11.0 Å². The molecule has 0 aliphatic carbocycles. The summed E-state index contributed by atoms with van der Waals surface area (Å²) in [5, 5.41) is 9.14. The molecule has 0 atom stereocenters. The van der Waals surface area contributed by atoms with Crippen LogP contribution in [0.25, 0.3) is 22.3 Å². The van der Waals surface area contributed by atoms with Gasteiger partial charge >= 0.3 is 0 Å². The Morgan fingerprint density at radius 3 is 1.08 bits per heavy atom. The molecule has 0 saturated carbocycles. The SMILES string of the molecule is CCCCCCCCCCCCI.CCCCCCCCCCCCOc1ccc(-c2ccc(Br)cc2)cc1.Oc1ccc(-c2ccc(Br)cc2)cc1. The number of alkyl halides is 1. The highest BCUT2D eigenvalue weighted by Gasteiger charge is 2.00. The van der Waals surface area contributed by atoms with E-state index in [2.05, 4.69) is 117 Å². The highest BCUT2D eigenvalue weighted by atomic mass is 127. The van der Waals surface area contributed by atoms with Gasteiger partial charge in [-0.05, 0) is 88.1 Å². The Morgan fingerprint density at radius 1 is 0.415 bits per heavy atom. The predicted octanol–water partition coefficient (Wildman–Crippen LogP) is 17.6. The van der Waals surface area contributed by atoms with E-state index in [0.717, 1.165) is 38.8 Å². The van der Waals surface area contributed by atoms with Crippen LogP contribution in [-0.4, -0.2) is 16.1 Å². The lowest BCUT2D eigenvalue weighted by Gasteiger charge is -2.08. The molecular formula is C48H67Br2IO2. The molecule has 1 N–H and O–H groups in total. The largest absolute Gasteiger partial charge is 0.508 e. The Morgan fingerprint density at radius 2 is 0.717 bits per heavy atom. The van der Waals surface area contributed by atoms with Crippen molar-refractivity contribution in [3.63, 3.8) is 0 Å². The van der Waals surface area contributed by atoms with Crippen molar-refractivity contribution in [1.29, 1.82) is 0 Å². The van der Waals surface area contributed by atoms with Crippen molar-refractivity contribution < 1.29 is 9.84 Å². The number of halogens is 3. The van der Waals surface area contributed by atoms with Crippen molar-refractivity contribution in [3.05, 3.63) is 106 Å². The van der Waals surface area contributed by atoms with Gasteiger partial charge in [-0.2, -0.15) is 0 Å². The molecule has 0 fully saturated rings. The van der Waals surface area contributed by atoms with Gasteiger partial charge in [-0.15, -0.1) is 0 Å². The second-order valence-corrected chi connectivity index (χ2v) is 16.9. The van der Waals surface area contributed by atoms with Crippen molar-refractivity contribution in [3.8, 4) is 33.8 Å². The van der Waals surface area contributed by atoms with E-state index in [1.54, 1.807) is 12.1 Å². The number of rotatable bonds is 24. The number of ether oxygens (including phenoxy) is 1. The highest BCUT2D eigenvalue weighted by molar-refractivity contribution is 14.1. The van der Waals surface area contributed by atoms with Crippen LogP contribution in [0, 0.1) is 0 Å². The number of hydrogen-bond acceptors (Lipinski definition) is 2. The van der Waals surface area contributed by atoms with E-state index < -0.39 is 0 Å². The molecule has 0 saturated heterocycles. The maximum Gasteiger partial charge on any atom is 0.119 e. The Bertz CT molecular complexity index is 1340. The normalized spacial score (nSPS) is 10.6. The molecule has 53 heavy (non-hydrogen) atoms. The minimum absolute atomic E-state index is 0.297. The smallest absolute Gasteiger partial charge is 0.119 e. The standard InChI is InChI=1S/C24H33BrO.C12H9BrO.C12H25I/c1-2-3-4-5-6-7-8-9-10-11-20-26-24-18-14-22(15-19-24)21-12-16-23(25)17-13-21;13-11-5-1-9(2-6-11)10-3-7-12(14)8-4-10;1-2-3-4-5-6-7-8-9-10-11-12-13/h12-19H,2-11,20H2,1H3;1-8,14H;2-12H2,1H3. The third kappa shape index (κ3) is 24.3. The van der Waals surface area contributed by atoms with E-state index in [4.69, 9.17) is 9.84 Å². The molecule has 0 spiro atoms. The zero-order valence-corrected chi connectivity index (χ0v) is 38.1. The molecule has 0 heterocycles. The summed E-state index contributed by atoms with van der Waals surface area (Å²) in [6, 6.07) is 32.1. The number of hydrogen-bond donors (Lipinski definition) is 1. The first-order valence-corrected chi connectivity index (χ1v) is 23.7. The van der Waals surface area contributed by atoms with Crippen LogP contribution in [0.3, 0.4) is 0 Å². The van der Waals surface area contributed by atoms with Crippen LogP contribution < -0.4 is 4.74 Å². The van der Waals surface area contributed by atoms with Gasteiger partial charge in [0.1, 0.15) is 11.5 Å². The van der Waals surface area contributed by atoms with Gasteiger partial charge < -0.3 is 9.84 Å². The van der Waals surface area contributed by atoms with Crippen molar-refractivity contribution >= 4 is 54.5 Å². The lowest BCUT2D eigenvalue weighted by molar-refractivity contribution is 0.304. The van der Waals surface area contributed by atoms with Crippen LogP contribution in [0.15, 0.2) is 106 Å². The molecule has 0 aliphatic heterocycles. The fourth-order valence-corrected chi connectivity index (χ4v) is 7.11. The first-order valence-electron chi connectivity index (χ1n) is 20.6. The Balaban J connectivity index is 0.000000303. The number of benzene rings is 4. The maximum absolute atomic E-state index is 9.14. The second-order valence-electron chi connectivity index (χ2n) is 14.0. The quantitative estimate of drug-likeness (QED) is 0.0431. The van der Waals surface area contributed by atoms with E-state index in [9.17, 15) is 0 Å². The minimum atomic E-state index is 0.297. The van der Waals surface area contributed by atoms with Crippen LogP contribution in [0.5, 0.6) is 11.5 Å². The fraction of sp³-hybridized carbons (Fsp3) is 0.500. The molecule has 4 rings (SSSR count). The monoisotopic (exact) mass is 960 g/mol. The van der Waals surface area contributed by atoms with E-state index in [1.807, 2.05) is 36.4 Å². The summed E-state index contributed by atoms with van der Waals surface area (Å²) in [7, 11) is 0. The van der Waals surface area contributed by atoms with Crippen molar-refractivity contribution in [1.82, 2.24) is 0 Å². The third-order valence-corrected chi connectivity index (χ3v) is 11.2. The summed E-state index contributed by atoms with van der Waals surface area (Å²) in [5.41, 5.74) is 4.71. The molecule has 2 nitrogen and oxygen atoms in total. The van der Waals surface area contributed by atoms with Gasteiger partial charge in [0.05, 0.1) is 6.61 Å². The zero-order valence-electron chi connectivity index (χ0n) is 32.8. The highest BCUT2D eigenvalue weighted by Crippen LogP contribution is 2.25. The number of unbranched alkanes of at least 4 members (excludes halogenated alkanes) is 18. The summed E-state index contributed by atoms with van der Waals surface area (Å²) < 4.78 is 9.40. The van der Waals surface area contributed by atoms with E-state index in [1.165, 1.54) is 138 Å². The van der Waals surface area contributed by atoms with Crippen molar-refractivity contribution in [2.24, 2.45) is 0 Å². The molecular weight excluding hydrogens is 895 g/mol. The van der Waals surface area contributed by atoms with Gasteiger partial charge in [0, 0.05) is 8.95 Å². The van der Waals surface area contributed by atoms with Gasteiger partial charge in [-0.25, -0.2) is 0 Å². The van der Waals surface area contributed by atoms with Gasteiger partial charge in [-0.3, -0.25) is 0 Å². The summed E-state index contributed by atoms with van der Waals surface area (Å²) in [6.45, 7) is 5.39. The molecule has 0 aliphatic rings. The number of aromatic hydroxyl groups is 1. The number of phenolic OH excluding ortho intramolecular Hbond substituents is 1. The summed E-state index contributed by atoms with van der Waals surface area (Å²) in [6.07, 6.45) is 28.1. The lowest BCUT2D eigenvalue weighted by atomic mass is 10.1. The molecule has 4 aromatic rings. The van der Waals surface area contributed by atoms with E-state index in [0.29, 0.717) is 5.75 Å². The topological polar surface area (TPSA) is 29.5 Å². The van der Waals surface area contributed by atoms with Crippen LogP contribution >= 0.6 is 54.5 Å². The van der Waals surface area contributed by atoms with Crippen LogP contribution in [0.2, 0.25) is 0 Å². The Labute approximate surface area is 354 Å². The van der Waals surface area contributed by atoms with E-state index >= 15 is 0 Å². The van der Waals surface area contributed by atoms with Gasteiger partial charge in [0.2, 0.25) is 0 Å². The summed E-state index contributed by atoms with van der Waals surface area (Å²) in [4.78, 5) is 0. The summed E-state index contributed by atoms with van der Waals surface area (Å²) in [5.74, 6) is 1.27. The molecule has 292 valence electrons. The van der Waals surface area contributed by atoms with Gasteiger partial charge in [0.25, 0.3) is 0 Å². The molecule has 0 radical (unpaired) electrons. The zero-order chi connectivity index (χ0) is 38.2. The fourth-order valence-electron chi connectivity index (χ4n) is 6.04. The minimum Gasteiger partial charge on any atom is -0.508 e. The van der Waals surface area contributed by atoms with Crippen LogP contribution in [-0.2, 0) is 0 Å². The van der Waals surface area contributed by atoms with Gasteiger partial charge in [-0.1, -0.05) is 232 Å². The molecule has 0 aromatic heterocycles. The van der Waals surface area contributed by atoms with Gasteiger partial charge in [0.15, 0.2) is 0 Å². The molecule has 0 unspecified atom stereocenters. The lowest BCUT2D eigenvalue weighted by Crippen LogP contribution is -1.97. The average Bonchev–Trinajstić information content (AvgIpc) is 3.18. The van der Waals surface area contributed by atoms with E-state index in [-0.39, 0.29) is 0 Å². The Hall–Kier alpha value is -1.83. The molecule has 0 amide bonds. The van der Waals surface area contributed by atoms with Crippen molar-refractivity contribution in [2.45, 2.75) is 142 Å². The molecule has 4 aromatic carbocycles. The third-order valence-electron chi connectivity index (χ3n) is 9.33. The Kier molecular flexibility index (Phi) is 28.9. The van der Waals surface area contributed by atoms with Crippen LogP contribution in [0.4, 0.5) is 0 Å². The maximum atomic E-state index is 9.14. The predicted molar refractivity (Wildman–Crippen MR) is 249 cm³/mol. The second kappa shape index (κ2) is 32.4. The molecule has 5 heteroatoms. The first-order chi connectivity index (χ1) is 26.0. The molecule has 0 bridgehead atoms. The van der Waals surface area contributed by atoms with Crippen LogP contribution in [0.1, 0.15) is 142 Å².